The predicted octanol–water partition coefficient (Wildman–Crippen LogP) is 5.42. The number of esters is 1. The van der Waals surface area contributed by atoms with Crippen LogP contribution in [-0.2, 0) is 23.5 Å². The molecule has 0 unspecified atom stereocenters. The molecule has 2 N–H and O–H groups in total. The van der Waals surface area contributed by atoms with Gasteiger partial charge in [-0.3, -0.25) is 9.69 Å². The number of alkyl carbamates (subject to hydrolysis) is 1. The summed E-state index contributed by atoms with van der Waals surface area (Å²) in [6.07, 6.45) is -0.718. The van der Waals surface area contributed by atoms with Gasteiger partial charge in [0.1, 0.15) is 19.3 Å². The zero-order valence-corrected chi connectivity index (χ0v) is 30.1. The van der Waals surface area contributed by atoms with E-state index in [4.69, 9.17) is 13.9 Å². The molecule has 9 nitrogen and oxygen atoms in total. The molecule has 1 aliphatic carbocycles. The topological polar surface area (TPSA) is 114 Å². The van der Waals surface area contributed by atoms with Crippen molar-refractivity contribution in [3.05, 3.63) is 120 Å². The predicted molar refractivity (Wildman–Crippen MR) is 196 cm³/mol. The molecule has 1 aliphatic rings. The van der Waals surface area contributed by atoms with Gasteiger partial charge in [0.15, 0.2) is 0 Å². The van der Waals surface area contributed by atoms with Crippen molar-refractivity contribution in [2.45, 2.75) is 44.7 Å². The molecule has 0 radical (unpaired) electrons. The number of hydrogen-bond donors (Lipinski definition) is 2. The third-order valence-corrected chi connectivity index (χ3v) is 14.2. The molecule has 0 aliphatic heterocycles. The van der Waals surface area contributed by atoms with Crippen molar-refractivity contribution in [3.8, 4) is 11.1 Å². The van der Waals surface area contributed by atoms with E-state index in [1.165, 1.54) is 6.92 Å². The number of fused-ring (bicyclic) bond motifs is 3. The van der Waals surface area contributed by atoms with Gasteiger partial charge in [-0.15, -0.1) is 0 Å². The first-order chi connectivity index (χ1) is 24.0. The molecule has 0 spiro atoms. The molecule has 50 heavy (non-hydrogen) atoms. The lowest BCUT2D eigenvalue weighted by molar-refractivity contribution is -0.146. The van der Waals surface area contributed by atoms with E-state index in [0.29, 0.717) is 6.54 Å². The van der Waals surface area contributed by atoms with Crippen LogP contribution >= 0.6 is 0 Å². The van der Waals surface area contributed by atoms with E-state index in [1.807, 2.05) is 72.8 Å². The first kappa shape index (κ1) is 36.5. The van der Waals surface area contributed by atoms with Gasteiger partial charge in [-0.2, -0.15) is 0 Å². The molecular formula is C40H46N2O7Si. The Morgan fingerprint density at radius 3 is 1.78 bits per heavy atom. The quantitative estimate of drug-likeness (QED) is 0.125. The highest BCUT2D eigenvalue weighted by Gasteiger charge is 2.50. The SMILES string of the molecule is C[C@H](NC(=O)OCC1c2ccccc2-c2ccccc21)C(=O)OCCN(CCO[Si](c1ccccc1)(c1ccccc1)C(C)(C)C)CC(=O)O. The Kier molecular flexibility index (Phi) is 11.9. The molecule has 0 fully saturated rings. The normalized spacial score (nSPS) is 13.3. The molecule has 0 aromatic heterocycles. The number of carboxylic acid groups (broad SMARTS) is 1. The number of benzene rings is 4. The van der Waals surface area contributed by atoms with E-state index in [2.05, 4.69) is 62.5 Å². The van der Waals surface area contributed by atoms with Gasteiger partial charge >= 0.3 is 18.0 Å². The second kappa shape index (κ2) is 16.3. The number of carbonyl (C=O) groups excluding carboxylic acids is 2. The molecule has 0 saturated carbocycles. The van der Waals surface area contributed by atoms with E-state index in [9.17, 15) is 19.5 Å². The molecule has 262 valence electrons. The van der Waals surface area contributed by atoms with Gasteiger partial charge in [0.25, 0.3) is 8.32 Å². The van der Waals surface area contributed by atoms with Crippen LogP contribution < -0.4 is 15.7 Å². The van der Waals surface area contributed by atoms with Crippen molar-refractivity contribution in [3.63, 3.8) is 0 Å². The number of aliphatic carboxylic acids is 1. The lowest BCUT2D eigenvalue weighted by Crippen LogP contribution is -2.67. The number of carboxylic acids is 1. The molecule has 5 rings (SSSR count). The van der Waals surface area contributed by atoms with E-state index in [1.54, 1.807) is 4.90 Å². The van der Waals surface area contributed by atoms with Crippen molar-refractivity contribution in [2.75, 3.05) is 39.5 Å². The minimum atomic E-state index is -2.80. The fourth-order valence-electron chi connectivity index (χ4n) is 6.83. The number of hydrogen-bond acceptors (Lipinski definition) is 7. The zero-order valence-electron chi connectivity index (χ0n) is 29.1. The molecular weight excluding hydrogens is 649 g/mol. The summed E-state index contributed by atoms with van der Waals surface area (Å²) in [4.78, 5) is 38.9. The van der Waals surface area contributed by atoms with Gasteiger partial charge in [0.2, 0.25) is 0 Å². The second-order valence-corrected chi connectivity index (χ2v) is 17.8. The van der Waals surface area contributed by atoms with Gasteiger partial charge in [-0.25, -0.2) is 9.59 Å². The third-order valence-electron chi connectivity index (χ3n) is 9.19. The summed E-state index contributed by atoms with van der Waals surface area (Å²) >= 11 is 0. The van der Waals surface area contributed by atoms with Crippen LogP contribution in [-0.4, -0.2) is 81.9 Å². The number of nitrogens with zero attached hydrogens (tertiary/aromatic N) is 1. The summed E-state index contributed by atoms with van der Waals surface area (Å²) in [5.41, 5.74) is 4.44. The molecule has 4 aromatic rings. The number of nitrogens with one attached hydrogen (secondary N) is 1. The molecule has 4 aromatic carbocycles. The molecule has 10 heteroatoms. The first-order valence-corrected chi connectivity index (χ1v) is 18.9. The van der Waals surface area contributed by atoms with Crippen molar-refractivity contribution >= 4 is 36.7 Å². The molecule has 0 bridgehead atoms. The lowest BCUT2D eigenvalue weighted by atomic mass is 9.98. The van der Waals surface area contributed by atoms with E-state index >= 15 is 0 Å². The van der Waals surface area contributed by atoms with Gasteiger partial charge in [-0.1, -0.05) is 130 Å². The first-order valence-electron chi connectivity index (χ1n) is 17.0. The van der Waals surface area contributed by atoms with Crippen molar-refractivity contribution < 1.29 is 33.4 Å². The van der Waals surface area contributed by atoms with E-state index in [0.717, 1.165) is 32.6 Å². The number of rotatable bonds is 15. The van der Waals surface area contributed by atoms with Crippen LogP contribution in [0.4, 0.5) is 4.79 Å². The zero-order chi connectivity index (χ0) is 35.7. The van der Waals surface area contributed by atoms with Crippen molar-refractivity contribution in [2.24, 2.45) is 0 Å². The number of carbonyl (C=O) groups is 3. The highest BCUT2D eigenvalue weighted by molar-refractivity contribution is 6.99. The van der Waals surface area contributed by atoms with Crippen LogP contribution in [0, 0.1) is 0 Å². The van der Waals surface area contributed by atoms with Crippen LogP contribution in [0.1, 0.15) is 44.7 Å². The van der Waals surface area contributed by atoms with Crippen LogP contribution in [0.25, 0.3) is 11.1 Å². The Morgan fingerprint density at radius 2 is 1.26 bits per heavy atom. The molecule has 1 amide bonds. The Hall–Kier alpha value is -4.77. The number of ether oxygens (including phenoxy) is 2. The van der Waals surface area contributed by atoms with Gasteiger partial charge < -0.3 is 24.3 Å². The summed E-state index contributed by atoms with van der Waals surface area (Å²) in [6.45, 7) is 8.70. The Morgan fingerprint density at radius 1 is 0.760 bits per heavy atom. The lowest BCUT2D eigenvalue weighted by Gasteiger charge is -2.43. The summed E-state index contributed by atoms with van der Waals surface area (Å²) in [5.74, 6) is -1.74. The fraction of sp³-hybridized carbons (Fsp3) is 0.325. The van der Waals surface area contributed by atoms with E-state index in [-0.39, 0.29) is 43.9 Å². The highest BCUT2D eigenvalue weighted by atomic mass is 28.4. The van der Waals surface area contributed by atoms with Gasteiger partial charge in [0.05, 0.1) is 6.54 Å². The van der Waals surface area contributed by atoms with Gasteiger partial charge in [-0.05, 0) is 44.6 Å². The van der Waals surface area contributed by atoms with Crippen molar-refractivity contribution in [1.82, 2.24) is 10.2 Å². The maximum Gasteiger partial charge on any atom is 0.407 e. The standard InChI is InChI=1S/C40H46N2O7Si/c1-29(41-39(46)48-28-36-34-21-13-11-19-32(34)33-20-12-14-22-35(33)36)38(45)47-25-23-42(27-37(43)44)24-26-49-50(40(2,3)4,30-15-7-5-8-16-30)31-17-9-6-10-18-31/h5-22,29,36H,23-28H2,1-4H3,(H,41,46)(H,43,44)/t29-/m0/s1. The minimum Gasteiger partial charge on any atom is -0.480 e. The summed E-state index contributed by atoms with van der Waals surface area (Å²) in [7, 11) is -2.80. The highest BCUT2D eigenvalue weighted by Crippen LogP contribution is 2.44. The number of amides is 1. The average Bonchev–Trinajstić information content (AvgIpc) is 3.42. The minimum absolute atomic E-state index is 0.0535. The fourth-order valence-corrected chi connectivity index (χ4v) is 11.4. The summed E-state index contributed by atoms with van der Waals surface area (Å²) < 4.78 is 17.9. The van der Waals surface area contributed by atoms with Crippen LogP contribution in [0.3, 0.4) is 0 Å². The maximum atomic E-state index is 12.8. The Labute approximate surface area is 295 Å². The smallest absolute Gasteiger partial charge is 0.407 e. The molecule has 1 atom stereocenters. The largest absolute Gasteiger partial charge is 0.480 e. The molecule has 0 heterocycles. The van der Waals surface area contributed by atoms with Crippen molar-refractivity contribution in [1.29, 1.82) is 0 Å². The van der Waals surface area contributed by atoms with Crippen LogP contribution in [0.2, 0.25) is 5.04 Å². The van der Waals surface area contributed by atoms with Crippen LogP contribution in [0.5, 0.6) is 0 Å². The molecule has 0 saturated heterocycles. The van der Waals surface area contributed by atoms with Gasteiger partial charge in [0, 0.05) is 25.6 Å². The Bertz CT molecular complexity index is 1680. The summed E-state index contributed by atoms with van der Waals surface area (Å²) in [5, 5.41) is 14.2. The third kappa shape index (κ3) is 8.32. The summed E-state index contributed by atoms with van der Waals surface area (Å²) in [6, 6.07) is 35.6. The van der Waals surface area contributed by atoms with E-state index < -0.39 is 32.4 Å². The van der Waals surface area contributed by atoms with Crippen LogP contribution in [0.15, 0.2) is 109 Å². The Balaban J connectivity index is 1.14. The monoisotopic (exact) mass is 694 g/mol. The average molecular weight is 695 g/mol. The maximum absolute atomic E-state index is 12.8. The second-order valence-electron chi connectivity index (χ2n) is 13.5.